The maximum Gasteiger partial charge on any atom is 0.256 e. The van der Waals surface area contributed by atoms with Gasteiger partial charge in [-0.3, -0.25) is 9.59 Å². The summed E-state index contributed by atoms with van der Waals surface area (Å²) in [4.78, 5) is 31.4. The summed E-state index contributed by atoms with van der Waals surface area (Å²) in [7, 11) is 0. The van der Waals surface area contributed by atoms with E-state index < -0.39 is 0 Å². The van der Waals surface area contributed by atoms with Crippen LogP contribution in [0.4, 0.5) is 5.69 Å². The molecule has 0 bridgehead atoms. The van der Waals surface area contributed by atoms with Gasteiger partial charge >= 0.3 is 0 Å². The second kappa shape index (κ2) is 9.31. The van der Waals surface area contributed by atoms with Crippen LogP contribution >= 0.6 is 0 Å². The summed E-state index contributed by atoms with van der Waals surface area (Å²) < 4.78 is 0. The number of rotatable bonds is 6. The van der Waals surface area contributed by atoms with Crippen LogP contribution in [0.25, 0.3) is 22.8 Å². The van der Waals surface area contributed by atoms with Crippen LogP contribution in [0.5, 0.6) is 0 Å². The number of benzene rings is 2. The molecule has 2 aliphatic heterocycles. The van der Waals surface area contributed by atoms with Crippen LogP contribution in [0.1, 0.15) is 45.7 Å². The Morgan fingerprint density at radius 1 is 1.06 bits per heavy atom. The fourth-order valence-electron chi connectivity index (χ4n) is 4.97. The first-order valence-corrected chi connectivity index (χ1v) is 11.9. The third kappa shape index (κ3) is 4.29. The number of carbonyl (C=O) groups excluding carboxylic acids is 2. The summed E-state index contributed by atoms with van der Waals surface area (Å²) in [5.41, 5.74) is 7.53. The second-order valence-corrected chi connectivity index (χ2v) is 9.11. The van der Waals surface area contributed by atoms with Crippen molar-refractivity contribution in [1.29, 1.82) is 0 Å². The highest BCUT2D eigenvalue weighted by molar-refractivity contribution is 6.35. The van der Waals surface area contributed by atoms with E-state index in [-0.39, 0.29) is 11.8 Å². The first-order valence-electron chi connectivity index (χ1n) is 11.9. The van der Waals surface area contributed by atoms with Gasteiger partial charge in [-0.2, -0.15) is 0 Å². The molecule has 34 heavy (non-hydrogen) atoms. The van der Waals surface area contributed by atoms with Crippen LogP contribution in [0.15, 0.2) is 48.5 Å². The fraction of sp³-hybridized carbons (Fsp3) is 0.286. The van der Waals surface area contributed by atoms with Crippen LogP contribution in [-0.2, 0) is 4.79 Å². The minimum Gasteiger partial charge on any atom is -0.358 e. The molecular weight excluding hydrogens is 424 g/mol. The van der Waals surface area contributed by atoms with Gasteiger partial charge in [0.25, 0.3) is 11.8 Å². The Morgan fingerprint density at radius 3 is 2.59 bits per heavy atom. The van der Waals surface area contributed by atoms with Gasteiger partial charge < -0.3 is 20.5 Å². The molecule has 0 unspecified atom stereocenters. The van der Waals surface area contributed by atoms with E-state index in [9.17, 15) is 9.59 Å². The van der Waals surface area contributed by atoms with Gasteiger partial charge in [0.2, 0.25) is 0 Å². The Hall–Kier alpha value is -3.64. The van der Waals surface area contributed by atoms with E-state index in [0.717, 1.165) is 59.0 Å². The minimum absolute atomic E-state index is 0.0705. The molecule has 3 aromatic rings. The molecule has 1 fully saturated rings. The molecule has 0 saturated carbocycles. The van der Waals surface area contributed by atoms with Crippen molar-refractivity contribution in [2.45, 2.75) is 26.7 Å². The van der Waals surface area contributed by atoms with E-state index in [2.05, 4.69) is 32.7 Å². The number of aromatic amines is 1. The quantitative estimate of drug-likeness (QED) is 0.476. The van der Waals surface area contributed by atoms with Gasteiger partial charge in [-0.1, -0.05) is 42.5 Å². The van der Waals surface area contributed by atoms with E-state index in [1.807, 2.05) is 56.3 Å². The maximum absolute atomic E-state index is 12.9. The number of carbonyl (C=O) groups is 2. The molecule has 0 radical (unpaired) electrons. The molecular formula is C28H30N4O2. The number of fused-ring (bicyclic) bond motifs is 1. The van der Waals surface area contributed by atoms with Crippen molar-refractivity contribution in [2.75, 3.05) is 31.5 Å². The van der Waals surface area contributed by atoms with Gasteiger partial charge in [0.05, 0.1) is 11.1 Å². The smallest absolute Gasteiger partial charge is 0.256 e. The van der Waals surface area contributed by atoms with Crippen molar-refractivity contribution in [1.82, 2.24) is 15.2 Å². The molecule has 1 aromatic heterocycles. The Morgan fingerprint density at radius 2 is 1.82 bits per heavy atom. The molecule has 174 valence electrons. The van der Waals surface area contributed by atoms with Crippen molar-refractivity contribution in [3.63, 3.8) is 0 Å². The van der Waals surface area contributed by atoms with Crippen molar-refractivity contribution in [3.05, 3.63) is 76.6 Å². The number of hydrogen-bond acceptors (Lipinski definition) is 3. The lowest BCUT2D eigenvalue weighted by Gasteiger charge is -2.14. The number of nitrogens with one attached hydrogen (secondary N) is 3. The number of amides is 2. The van der Waals surface area contributed by atoms with Gasteiger partial charge in [-0.05, 0) is 68.6 Å². The van der Waals surface area contributed by atoms with E-state index in [1.165, 1.54) is 12.8 Å². The third-order valence-corrected chi connectivity index (χ3v) is 6.81. The number of nitrogens with zero attached hydrogens (tertiary/aromatic N) is 1. The van der Waals surface area contributed by atoms with E-state index in [0.29, 0.717) is 17.7 Å². The molecule has 6 nitrogen and oxygen atoms in total. The maximum atomic E-state index is 12.9. The summed E-state index contributed by atoms with van der Waals surface area (Å²) in [5, 5.41) is 6.05. The van der Waals surface area contributed by atoms with Crippen molar-refractivity contribution in [3.8, 4) is 11.1 Å². The largest absolute Gasteiger partial charge is 0.358 e. The Balaban J connectivity index is 1.37. The highest BCUT2D eigenvalue weighted by atomic mass is 16.2. The van der Waals surface area contributed by atoms with E-state index in [1.54, 1.807) is 0 Å². The molecule has 2 aliphatic rings. The average Bonchev–Trinajstić information content (AvgIpc) is 3.53. The minimum atomic E-state index is -0.136. The topological polar surface area (TPSA) is 77.2 Å². The summed E-state index contributed by atoms with van der Waals surface area (Å²) in [6.07, 6.45) is 4.34. The van der Waals surface area contributed by atoms with Gasteiger partial charge in [0.15, 0.2) is 0 Å². The molecule has 6 heteroatoms. The second-order valence-electron chi connectivity index (χ2n) is 9.11. The first kappa shape index (κ1) is 22.2. The normalized spacial score (nSPS) is 16.6. The Bertz CT molecular complexity index is 1270. The lowest BCUT2D eigenvalue weighted by molar-refractivity contribution is -0.110. The van der Waals surface area contributed by atoms with Crippen LogP contribution in [0, 0.1) is 13.8 Å². The van der Waals surface area contributed by atoms with Crippen LogP contribution in [0.3, 0.4) is 0 Å². The zero-order valence-electron chi connectivity index (χ0n) is 19.7. The molecule has 0 aliphatic carbocycles. The zero-order chi connectivity index (χ0) is 23.7. The molecule has 5 rings (SSSR count). The fourth-order valence-corrected chi connectivity index (χ4v) is 4.97. The SMILES string of the molecule is Cc1[nH]c(C=C2C(=O)Nc3cc(-c4ccccc4)ccc32)c(C)c1C(=O)NCCN1CCCC1. The number of H-pyrrole nitrogens is 1. The molecule has 0 spiro atoms. The van der Waals surface area contributed by atoms with Gasteiger partial charge in [-0.15, -0.1) is 0 Å². The summed E-state index contributed by atoms with van der Waals surface area (Å²) in [6, 6.07) is 16.1. The van der Waals surface area contributed by atoms with Crippen molar-refractivity contribution < 1.29 is 9.59 Å². The number of likely N-dealkylation sites (tertiary alicyclic amines) is 1. The Labute approximate surface area is 200 Å². The molecule has 2 amide bonds. The number of aryl methyl sites for hydroxylation is 1. The first-order chi connectivity index (χ1) is 16.5. The van der Waals surface area contributed by atoms with Crippen LogP contribution < -0.4 is 10.6 Å². The van der Waals surface area contributed by atoms with E-state index >= 15 is 0 Å². The summed E-state index contributed by atoms with van der Waals surface area (Å²) >= 11 is 0. The number of anilines is 1. The predicted molar refractivity (Wildman–Crippen MR) is 137 cm³/mol. The highest BCUT2D eigenvalue weighted by Crippen LogP contribution is 2.36. The predicted octanol–water partition coefficient (Wildman–Crippen LogP) is 4.62. The molecule has 3 heterocycles. The molecule has 1 saturated heterocycles. The van der Waals surface area contributed by atoms with E-state index in [4.69, 9.17) is 0 Å². The number of hydrogen-bond donors (Lipinski definition) is 3. The van der Waals surface area contributed by atoms with Crippen LogP contribution in [-0.4, -0.2) is 47.9 Å². The van der Waals surface area contributed by atoms with Crippen LogP contribution in [0.2, 0.25) is 0 Å². The highest BCUT2D eigenvalue weighted by Gasteiger charge is 2.26. The van der Waals surface area contributed by atoms with Crippen molar-refractivity contribution >= 4 is 29.2 Å². The summed E-state index contributed by atoms with van der Waals surface area (Å²) in [5.74, 6) is -0.206. The average molecular weight is 455 g/mol. The standard InChI is InChI=1S/C28H30N4O2/c1-18-24(30-19(2)26(18)28(34)29-12-15-32-13-6-7-14-32)17-23-22-11-10-21(16-25(22)31-27(23)33)20-8-4-3-5-9-20/h3-5,8-11,16-17,30H,6-7,12-15H2,1-2H3,(H,29,34)(H,31,33). The molecule has 3 N–H and O–H groups in total. The lowest BCUT2D eigenvalue weighted by atomic mass is 9.99. The summed E-state index contributed by atoms with van der Waals surface area (Å²) in [6.45, 7) is 7.58. The molecule has 0 atom stereocenters. The van der Waals surface area contributed by atoms with Crippen molar-refractivity contribution in [2.24, 2.45) is 0 Å². The Kier molecular flexibility index (Phi) is 6.07. The molecule has 2 aromatic carbocycles. The van der Waals surface area contributed by atoms with Gasteiger partial charge in [0, 0.05) is 35.7 Å². The van der Waals surface area contributed by atoms with Gasteiger partial charge in [-0.25, -0.2) is 0 Å². The van der Waals surface area contributed by atoms with Gasteiger partial charge in [0.1, 0.15) is 0 Å². The lowest BCUT2D eigenvalue weighted by Crippen LogP contribution is -2.33. The monoisotopic (exact) mass is 454 g/mol. The third-order valence-electron chi connectivity index (χ3n) is 6.81. The number of aromatic nitrogens is 1. The zero-order valence-corrected chi connectivity index (χ0v) is 19.7.